The molecule has 3 heterocycles. The molecule has 3 aromatic heterocycles. The summed E-state index contributed by atoms with van der Waals surface area (Å²) in [4.78, 5) is 0.720. The molecule has 7 heteroatoms. The van der Waals surface area contributed by atoms with E-state index in [0.29, 0.717) is 11.6 Å². The van der Waals surface area contributed by atoms with E-state index in [4.69, 9.17) is 4.42 Å². The Kier molecular flexibility index (Phi) is 2.71. The number of fused-ring (bicyclic) bond motifs is 1. The number of benzene rings is 1. The molecule has 0 amide bonds. The molecule has 0 spiro atoms. The summed E-state index contributed by atoms with van der Waals surface area (Å²) < 4.78 is 7.04. The summed E-state index contributed by atoms with van der Waals surface area (Å²) in [5.41, 5.74) is 2.19. The van der Waals surface area contributed by atoms with Crippen molar-refractivity contribution in [1.29, 1.82) is 0 Å². The Morgan fingerprint density at radius 2 is 2.05 bits per heavy atom. The minimum atomic E-state index is 0.601. The van der Waals surface area contributed by atoms with Crippen molar-refractivity contribution in [2.24, 2.45) is 0 Å². The number of aryl methyl sites for hydroxylation is 1. The van der Waals surface area contributed by atoms with Crippen LogP contribution in [0.25, 0.3) is 16.5 Å². The lowest BCUT2D eigenvalue weighted by molar-refractivity contribution is 0.575. The molecule has 21 heavy (non-hydrogen) atoms. The highest BCUT2D eigenvalue weighted by atomic mass is 32.1. The molecular formula is C14H11N5OS. The normalized spacial score (nSPS) is 11.1. The van der Waals surface area contributed by atoms with Crippen LogP contribution in [0.3, 0.4) is 0 Å². The standard InChI is InChI=1S/C14H11N5OS/c1-9-5-2-3-6-10(9)15-13-18-19-12(11-7-4-8-20-11)16-17-14(19)21-13/h2-8H,1H3,(H,15,18). The van der Waals surface area contributed by atoms with Gasteiger partial charge in [-0.25, -0.2) is 0 Å². The summed E-state index contributed by atoms with van der Waals surface area (Å²) in [6.07, 6.45) is 1.61. The van der Waals surface area contributed by atoms with Gasteiger partial charge in [0.05, 0.1) is 6.26 Å². The van der Waals surface area contributed by atoms with E-state index in [2.05, 4.69) is 33.6 Å². The van der Waals surface area contributed by atoms with Gasteiger partial charge in [0.2, 0.25) is 15.9 Å². The number of aromatic nitrogens is 4. The molecule has 1 N–H and O–H groups in total. The van der Waals surface area contributed by atoms with Gasteiger partial charge in [-0.2, -0.15) is 4.52 Å². The highest BCUT2D eigenvalue weighted by Crippen LogP contribution is 2.27. The summed E-state index contributed by atoms with van der Waals surface area (Å²) in [6.45, 7) is 2.05. The average Bonchev–Trinajstić information content (AvgIpc) is 3.17. The van der Waals surface area contributed by atoms with E-state index in [-0.39, 0.29) is 0 Å². The monoisotopic (exact) mass is 297 g/mol. The van der Waals surface area contributed by atoms with Crippen molar-refractivity contribution in [1.82, 2.24) is 19.8 Å². The van der Waals surface area contributed by atoms with Gasteiger partial charge in [0.1, 0.15) is 0 Å². The molecule has 1 aromatic carbocycles. The fourth-order valence-electron chi connectivity index (χ4n) is 2.06. The average molecular weight is 297 g/mol. The van der Waals surface area contributed by atoms with Gasteiger partial charge in [0.15, 0.2) is 5.76 Å². The largest absolute Gasteiger partial charge is 0.461 e. The Balaban J connectivity index is 1.73. The number of anilines is 2. The molecule has 0 atom stereocenters. The zero-order chi connectivity index (χ0) is 14.2. The molecule has 6 nitrogen and oxygen atoms in total. The molecule has 4 aromatic rings. The van der Waals surface area contributed by atoms with Crippen LogP contribution in [0.5, 0.6) is 0 Å². The van der Waals surface area contributed by atoms with Crippen molar-refractivity contribution in [3.05, 3.63) is 48.2 Å². The van der Waals surface area contributed by atoms with Crippen LogP contribution in [0.4, 0.5) is 10.8 Å². The van der Waals surface area contributed by atoms with E-state index in [1.807, 2.05) is 30.3 Å². The van der Waals surface area contributed by atoms with Crippen LogP contribution < -0.4 is 5.32 Å². The first-order chi connectivity index (χ1) is 10.3. The van der Waals surface area contributed by atoms with Crippen LogP contribution >= 0.6 is 11.3 Å². The fourth-order valence-corrected chi connectivity index (χ4v) is 2.81. The molecule has 0 saturated heterocycles. The predicted octanol–water partition coefficient (Wildman–Crippen LogP) is 3.50. The predicted molar refractivity (Wildman–Crippen MR) is 80.8 cm³/mol. The van der Waals surface area contributed by atoms with E-state index in [1.165, 1.54) is 11.3 Å². The Morgan fingerprint density at radius 1 is 1.14 bits per heavy atom. The smallest absolute Gasteiger partial charge is 0.236 e. The van der Waals surface area contributed by atoms with Crippen molar-refractivity contribution in [3.63, 3.8) is 0 Å². The van der Waals surface area contributed by atoms with Crippen LogP contribution in [0.1, 0.15) is 5.56 Å². The maximum atomic E-state index is 5.35. The van der Waals surface area contributed by atoms with Gasteiger partial charge >= 0.3 is 0 Å². The molecule has 0 unspecified atom stereocenters. The minimum absolute atomic E-state index is 0.601. The lowest BCUT2D eigenvalue weighted by Gasteiger charge is -2.04. The number of nitrogens with one attached hydrogen (secondary N) is 1. The highest BCUT2D eigenvalue weighted by Gasteiger charge is 2.15. The van der Waals surface area contributed by atoms with E-state index in [0.717, 1.165) is 21.3 Å². The molecule has 0 fully saturated rings. The first-order valence-electron chi connectivity index (χ1n) is 6.40. The second-order valence-corrected chi connectivity index (χ2v) is 5.50. The van der Waals surface area contributed by atoms with Crippen molar-refractivity contribution in [3.8, 4) is 11.6 Å². The lowest BCUT2D eigenvalue weighted by atomic mass is 10.2. The SMILES string of the molecule is Cc1ccccc1Nc1nn2c(-c3ccco3)nnc2s1. The Morgan fingerprint density at radius 3 is 2.86 bits per heavy atom. The number of para-hydroxylation sites is 1. The maximum absolute atomic E-state index is 5.35. The van der Waals surface area contributed by atoms with Gasteiger partial charge in [0, 0.05) is 5.69 Å². The summed E-state index contributed by atoms with van der Waals surface area (Å²) in [5, 5.41) is 16.8. The molecular weight excluding hydrogens is 286 g/mol. The molecule has 0 radical (unpaired) electrons. The molecule has 0 saturated carbocycles. The van der Waals surface area contributed by atoms with Gasteiger partial charge in [-0.1, -0.05) is 29.5 Å². The van der Waals surface area contributed by atoms with E-state index in [1.54, 1.807) is 10.8 Å². The lowest BCUT2D eigenvalue weighted by Crippen LogP contribution is -1.95. The maximum Gasteiger partial charge on any atom is 0.236 e. The van der Waals surface area contributed by atoms with E-state index >= 15 is 0 Å². The molecule has 0 aliphatic rings. The summed E-state index contributed by atoms with van der Waals surface area (Å²) >= 11 is 1.44. The third kappa shape index (κ3) is 2.07. The first-order valence-corrected chi connectivity index (χ1v) is 7.22. The topological polar surface area (TPSA) is 68.2 Å². The third-order valence-corrected chi connectivity index (χ3v) is 3.93. The number of rotatable bonds is 3. The van der Waals surface area contributed by atoms with Crippen molar-refractivity contribution >= 4 is 27.1 Å². The third-order valence-electron chi connectivity index (χ3n) is 3.12. The Labute approximate surface area is 124 Å². The van der Waals surface area contributed by atoms with E-state index in [9.17, 15) is 0 Å². The molecule has 0 bridgehead atoms. The van der Waals surface area contributed by atoms with Crippen molar-refractivity contribution < 1.29 is 4.42 Å². The van der Waals surface area contributed by atoms with Gasteiger partial charge < -0.3 is 9.73 Å². The van der Waals surface area contributed by atoms with Crippen LogP contribution in [0.15, 0.2) is 47.1 Å². The quantitative estimate of drug-likeness (QED) is 0.627. The Hall–Kier alpha value is -2.67. The molecule has 4 rings (SSSR count). The van der Waals surface area contributed by atoms with Crippen LogP contribution in [-0.2, 0) is 0 Å². The second kappa shape index (κ2) is 4.71. The molecule has 0 aliphatic carbocycles. The zero-order valence-corrected chi connectivity index (χ0v) is 12.0. The van der Waals surface area contributed by atoms with Crippen molar-refractivity contribution in [2.75, 3.05) is 5.32 Å². The summed E-state index contributed by atoms with van der Waals surface area (Å²) in [7, 11) is 0. The van der Waals surface area contributed by atoms with Crippen LogP contribution in [0.2, 0.25) is 0 Å². The van der Waals surface area contributed by atoms with Gasteiger partial charge in [0.25, 0.3) is 0 Å². The number of furan rings is 1. The number of hydrogen-bond acceptors (Lipinski definition) is 6. The minimum Gasteiger partial charge on any atom is -0.461 e. The van der Waals surface area contributed by atoms with Crippen LogP contribution in [-0.4, -0.2) is 19.8 Å². The van der Waals surface area contributed by atoms with Crippen molar-refractivity contribution in [2.45, 2.75) is 6.92 Å². The number of nitrogens with zero attached hydrogens (tertiary/aromatic N) is 4. The number of hydrogen-bond donors (Lipinski definition) is 1. The van der Waals surface area contributed by atoms with Gasteiger partial charge in [-0.3, -0.25) is 0 Å². The fraction of sp³-hybridized carbons (Fsp3) is 0.0714. The first kappa shape index (κ1) is 12.1. The highest BCUT2D eigenvalue weighted by molar-refractivity contribution is 7.20. The second-order valence-electron chi connectivity index (χ2n) is 4.54. The summed E-state index contributed by atoms with van der Waals surface area (Å²) in [5.74, 6) is 1.25. The Bertz CT molecular complexity index is 893. The zero-order valence-electron chi connectivity index (χ0n) is 11.1. The van der Waals surface area contributed by atoms with E-state index < -0.39 is 0 Å². The van der Waals surface area contributed by atoms with Gasteiger partial charge in [-0.15, -0.1) is 15.3 Å². The van der Waals surface area contributed by atoms with Gasteiger partial charge in [-0.05, 0) is 30.7 Å². The molecule has 0 aliphatic heterocycles. The summed E-state index contributed by atoms with van der Waals surface area (Å²) in [6, 6.07) is 11.7. The van der Waals surface area contributed by atoms with Crippen LogP contribution in [0, 0.1) is 6.92 Å². The molecule has 104 valence electrons.